The summed E-state index contributed by atoms with van der Waals surface area (Å²) in [5.41, 5.74) is 0. The van der Waals surface area contributed by atoms with Gasteiger partial charge in [0.05, 0.1) is 0 Å². The van der Waals surface area contributed by atoms with Crippen LogP contribution in [0.3, 0.4) is 0 Å². The van der Waals surface area contributed by atoms with E-state index < -0.39 is 6.10 Å². The molecule has 0 heterocycles. The van der Waals surface area contributed by atoms with E-state index in [0.717, 1.165) is 64.2 Å². The molecule has 6 heteroatoms. The lowest BCUT2D eigenvalue weighted by Gasteiger charge is -2.18. The zero-order chi connectivity index (χ0) is 47.9. The minimum atomic E-state index is -0.767. The molecule has 0 aliphatic rings. The molecule has 0 aromatic rings. The van der Waals surface area contributed by atoms with Crippen LogP contribution in [0.25, 0.3) is 0 Å². The number of carbonyl (C=O) groups excluding carboxylic acids is 3. The van der Waals surface area contributed by atoms with Gasteiger partial charge in [-0.1, -0.05) is 257 Å². The fourth-order valence-electron chi connectivity index (χ4n) is 8.73. The topological polar surface area (TPSA) is 78.9 Å². The highest BCUT2D eigenvalue weighted by molar-refractivity contribution is 5.71. The van der Waals surface area contributed by atoms with E-state index in [9.17, 15) is 14.4 Å². The van der Waals surface area contributed by atoms with Gasteiger partial charge in [0, 0.05) is 19.3 Å². The predicted octanol–water partition coefficient (Wildman–Crippen LogP) is 19.5. The molecule has 1 unspecified atom stereocenters. The van der Waals surface area contributed by atoms with Gasteiger partial charge >= 0.3 is 17.9 Å². The third kappa shape index (κ3) is 52.9. The first-order valence-corrected chi connectivity index (χ1v) is 29.3. The Labute approximate surface area is 411 Å². The molecule has 1 atom stereocenters. The van der Waals surface area contributed by atoms with E-state index in [0.29, 0.717) is 19.3 Å². The van der Waals surface area contributed by atoms with Crippen LogP contribution in [0.4, 0.5) is 0 Å². The lowest BCUT2D eigenvalue weighted by atomic mass is 10.0. The zero-order valence-corrected chi connectivity index (χ0v) is 44.5. The summed E-state index contributed by atoms with van der Waals surface area (Å²) in [5.74, 6) is -0.872. The molecular formula is C60H112O6. The normalized spacial score (nSPS) is 12.1. The molecule has 66 heavy (non-hydrogen) atoms. The molecular weight excluding hydrogens is 817 g/mol. The first-order chi connectivity index (χ1) is 32.5. The van der Waals surface area contributed by atoms with Crippen molar-refractivity contribution in [1.82, 2.24) is 0 Å². The van der Waals surface area contributed by atoms with Crippen molar-refractivity contribution in [3.63, 3.8) is 0 Å². The van der Waals surface area contributed by atoms with Gasteiger partial charge in [-0.2, -0.15) is 0 Å². The number of ether oxygens (including phenoxy) is 3. The molecule has 0 radical (unpaired) electrons. The minimum Gasteiger partial charge on any atom is -0.462 e. The Balaban J connectivity index is 4.03. The Morgan fingerprint density at radius 3 is 0.758 bits per heavy atom. The Hall–Kier alpha value is -2.11. The average molecular weight is 930 g/mol. The lowest BCUT2D eigenvalue weighted by Crippen LogP contribution is -2.30. The first kappa shape index (κ1) is 63.9. The molecule has 0 aliphatic heterocycles. The second-order valence-corrected chi connectivity index (χ2v) is 19.9. The lowest BCUT2D eigenvalue weighted by molar-refractivity contribution is -0.167. The van der Waals surface area contributed by atoms with Crippen LogP contribution in [0.2, 0.25) is 0 Å². The SMILES string of the molecule is CCCCCCCCC/C=C\CCCCCCCCCC(=O)OC(COC(=O)CCCCCCC)COC(=O)CCCCCCCCCCCCCCC/C=C\CCCCCCCCCC. The monoisotopic (exact) mass is 929 g/mol. The number of hydrogen-bond acceptors (Lipinski definition) is 6. The maximum Gasteiger partial charge on any atom is 0.306 e. The van der Waals surface area contributed by atoms with Crippen LogP contribution in [0.1, 0.15) is 323 Å². The van der Waals surface area contributed by atoms with E-state index in [1.54, 1.807) is 0 Å². The van der Waals surface area contributed by atoms with Crippen LogP contribution in [0.5, 0.6) is 0 Å². The maximum absolute atomic E-state index is 12.8. The minimum absolute atomic E-state index is 0.0700. The highest BCUT2D eigenvalue weighted by atomic mass is 16.6. The second-order valence-electron chi connectivity index (χ2n) is 19.9. The number of esters is 3. The highest BCUT2D eigenvalue weighted by Gasteiger charge is 2.19. The van der Waals surface area contributed by atoms with Crippen LogP contribution >= 0.6 is 0 Å². The maximum atomic E-state index is 12.8. The van der Waals surface area contributed by atoms with E-state index in [1.165, 1.54) is 218 Å². The van der Waals surface area contributed by atoms with Gasteiger partial charge in [-0.05, 0) is 70.6 Å². The molecule has 0 bridgehead atoms. The van der Waals surface area contributed by atoms with E-state index in [1.807, 2.05) is 0 Å². The summed E-state index contributed by atoms with van der Waals surface area (Å²) in [4.78, 5) is 37.8. The molecule has 0 saturated carbocycles. The van der Waals surface area contributed by atoms with Crippen LogP contribution in [0.15, 0.2) is 24.3 Å². The fourth-order valence-corrected chi connectivity index (χ4v) is 8.73. The van der Waals surface area contributed by atoms with Crippen molar-refractivity contribution in [3.8, 4) is 0 Å². The van der Waals surface area contributed by atoms with Crippen LogP contribution in [-0.2, 0) is 28.6 Å². The van der Waals surface area contributed by atoms with Crippen molar-refractivity contribution in [2.75, 3.05) is 13.2 Å². The summed E-state index contributed by atoms with van der Waals surface area (Å²) in [5, 5.41) is 0. The van der Waals surface area contributed by atoms with Crippen molar-refractivity contribution < 1.29 is 28.6 Å². The summed E-state index contributed by atoms with van der Waals surface area (Å²) in [6, 6.07) is 0. The molecule has 0 rings (SSSR count). The van der Waals surface area contributed by atoms with Crippen molar-refractivity contribution in [3.05, 3.63) is 24.3 Å². The van der Waals surface area contributed by atoms with E-state index in [4.69, 9.17) is 14.2 Å². The van der Waals surface area contributed by atoms with Gasteiger partial charge in [-0.15, -0.1) is 0 Å². The zero-order valence-electron chi connectivity index (χ0n) is 44.5. The quantitative estimate of drug-likeness (QED) is 0.0262. The Bertz CT molecular complexity index is 1070. The van der Waals surface area contributed by atoms with Crippen molar-refractivity contribution in [2.45, 2.75) is 329 Å². The van der Waals surface area contributed by atoms with Crippen LogP contribution in [-0.4, -0.2) is 37.2 Å². The van der Waals surface area contributed by atoms with Gasteiger partial charge in [0.25, 0.3) is 0 Å². The second kappa shape index (κ2) is 55.5. The Morgan fingerprint density at radius 2 is 0.500 bits per heavy atom. The molecule has 0 aromatic heterocycles. The molecule has 0 saturated heterocycles. The molecule has 388 valence electrons. The van der Waals surface area contributed by atoms with Gasteiger partial charge in [-0.3, -0.25) is 14.4 Å². The van der Waals surface area contributed by atoms with E-state index in [2.05, 4.69) is 45.1 Å². The third-order valence-electron chi connectivity index (χ3n) is 13.2. The van der Waals surface area contributed by atoms with Gasteiger partial charge in [0.1, 0.15) is 13.2 Å². The van der Waals surface area contributed by atoms with Gasteiger partial charge < -0.3 is 14.2 Å². The number of rotatable bonds is 54. The van der Waals surface area contributed by atoms with Crippen molar-refractivity contribution in [2.24, 2.45) is 0 Å². The summed E-state index contributed by atoms with van der Waals surface area (Å²) < 4.78 is 16.7. The number of carbonyl (C=O) groups is 3. The highest BCUT2D eigenvalue weighted by Crippen LogP contribution is 2.16. The molecule has 0 aromatic carbocycles. The van der Waals surface area contributed by atoms with Crippen LogP contribution < -0.4 is 0 Å². The van der Waals surface area contributed by atoms with Gasteiger partial charge in [0.15, 0.2) is 6.10 Å². The van der Waals surface area contributed by atoms with E-state index in [-0.39, 0.29) is 31.1 Å². The third-order valence-corrected chi connectivity index (χ3v) is 13.2. The fraction of sp³-hybridized carbons (Fsp3) is 0.883. The number of unbranched alkanes of at least 4 members (excludes halogenated alkanes) is 39. The van der Waals surface area contributed by atoms with Crippen molar-refractivity contribution in [1.29, 1.82) is 0 Å². The molecule has 6 nitrogen and oxygen atoms in total. The van der Waals surface area contributed by atoms with Gasteiger partial charge in [-0.25, -0.2) is 0 Å². The predicted molar refractivity (Wildman–Crippen MR) is 284 cm³/mol. The first-order valence-electron chi connectivity index (χ1n) is 29.3. The van der Waals surface area contributed by atoms with E-state index >= 15 is 0 Å². The Morgan fingerprint density at radius 1 is 0.288 bits per heavy atom. The largest absolute Gasteiger partial charge is 0.462 e. The Kier molecular flexibility index (Phi) is 53.7. The molecule has 0 amide bonds. The van der Waals surface area contributed by atoms with Gasteiger partial charge in [0.2, 0.25) is 0 Å². The summed E-state index contributed by atoms with van der Waals surface area (Å²) in [6.07, 6.45) is 65.1. The van der Waals surface area contributed by atoms with Crippen molar-refractivity contribution >= 4 is 17.9 Å². The summed E-state index contributed by atoms with van der Waals surface area (Å²) in [7, 11) is 0. The summed E-state index contributed by atoms with van der Waals surface area (Å²) in [6.45, 7) is 6.59. The molecule has 0 aliphatic carbocycles. The van der Waals surface area contributed by atoms with Crippen LogP contribution in [0, 0.1) is 0 Å². The standard InChI is InChI=1S/C60H112O6/c1-4-7-10-13-15-17-19-21-23-25-27-28-29-30-31-32-33-35-36-38-40-42-44-47-50-53-59(62)65-56-57(55-64-58(61)52-49-46-12-9-6-3)66-60(63)54-51-48-45-43-41-39-37-34-26-24-22-20-18-16-14-11-8-5-2/h24-27,57H,4-23,28-56H2,1-3H3/b26-24-,27-25-. The number of hydrogen-bond donors (Lipinski definition) is 0. The number of allylic oxidation sites excluding steroid dienone is 4. The molecule has 0 N–H and O–H groups in total. The summed E-state index contributed by atoms with van der Waals surface area (Å²) >= 11 is 0. The molecule has 0 fully saturated rings. The smallest absolute Gasteiger partial charge is 0.306 e. The average Bonchev–Trinajstić information content (AvgIpc) is 3.31. The molecule has 0 spiro atoms.